The number of epoxide rings is 1. The second-order valence-electron chi connectivity index (χ2n) is 3.35. The van der Waals surface area contributed by atoms with Gasteiger partial charge in [0.25, 0.3) is 0 Å². The van der Waals surface area contributed by atoms with E-state index in [0.29, 0.717) is 6.61 Å². The monoisotopic (exact) mass is 208 g/mol. The fourth-order valence-electron chi connectivity index (χ4n) is 1.04. The van der Waals surface area contributed by atoms with Crippen LogP contribution in [0.5, 0.6) is 0 Å². The summed E-state index contributed by atoms with van der Waals surface area (Å²) in [5.74, 6) is -0.327. The quantitative estimate of drug-likeness (QED) is 0.300. The van der Waals surface area contributed by atoms with Crippen molar-refractivity contribution in [3.05, 3.63) is 36.5 Å². The van der Waals surface area contributed by atoms with Gasteiger partial charge in [0.1, 0.15) is 12.2 Å². The molecule has 0 N–H and O–H groups in total. The summed E-state index contributed by atoms with van der Waals surface area (Å²) in [5, 5.41) is 0. The second-order valence-corrected chi connectivity index (χ2v) is 3.35. The molecule has 0 spiro atoms. The summed E-state index contributed by atoms with van der Waals surface area (Å²) in [4.78, 5) is 11.0. The minimum Gasteiger partial charge on any atom is -0.459 e. The molecule has 82 valence electrons. The summed E-state index contributed by atoms with van der Waals surface area (Å²) in [7, 11) is 0. The van der Waals surface area contributed by atoms with Gasteiger partial charge in [-0.15, -0.1) is 0 Å². The van der Waals surface area contributed by atoms with Crippen LogP contribution >= 0.6 is 0 Å². The topological polar surface area (TPSA) is 38.8 Å². The van der Waals surface area contributed by atoms with Gasteiger partial charge in [-0.25, -0.2) is 4.79 Å². The lowest BCUT2D eigenvalue weighted by molar-refractivity contribution is -0.139. The highest BCUT2D eigenvalue weighted by atomic mass is 16.6. The standard InChI is InChI=1S/C12H16O3/c1-3-5-6-8-12(10-15-12)9-14-11(13)7-4-2/h3-8H,9-10H2,1-2H3/b5-3+,7-4+,8-6+. The van der Waals surface area contributed by atoms with Crippen LogP contribution in [-0.4, -0.2) is 24.8 Å². The van der Waals surface area contributed by atoms with E-state index >= 15 is 0 Å². The van der Waals surface area contributed by atoms with E-state index in [-0.39, 0.29) is 18.2 Å². The van der Waals surface area contributed by atoms with Crippen LogP contribution in [0.1, 0.15) is 13.8 Å². The van der Waals surface area contributed by atoms with Crippen molar-refractivity contribution in [1.29, 1.82) is 0 Å². The SMILES string of the molecule is C/C=C/C=C/C1(COC(=O)/C=C/C)CO1. The van der Waals surface area contributed by atoms with Gasteiger partial charge in [-0.1, -0.05) is 24.3 Å². The van der Waals surface area contributed by atoms with Gasteiger partial charge in [-0.2, -0.15) is 0 Å². The Hall–Kier alpha value is -1.35. The molecule has 1 heterocycles. The first kappa shape index (κ1) is 11.7. The third-order valence-corrected chi connectivity index (χ3v) is 1.98. The average molecular weight is 208 g/mol. The highest BCUT2D eigenvalue weighted by Gasteiger charge is 2.43. The van der Waals surface area contributed by atoms with Crippen LogP contribution in [-0.2, 0) is 14.3 Å². The maximum Gasteiger partial charge on any atom is 0.330 e. The third kappa shape index (κ3) is 4.13. The molecule has 0 aliphatic carbocycles. The number of ether oxygens (including phenoxy) is 2. The number of esters is 1. The molecule has 1 aliphatic heterocycles. The van der Waals surface area contributed by atoms with Crippen LogP contribution < -0.4 is 0 Å². The zero-order valence-electron chi connectivity index (χ0n) is 9.10. The zero-order valence-corrected chi connectivity index (χ0v) is 9.10. The number of rotatable bonds is 5. The number of carbonyl (C=O) groups is 1. The minimum absolute atomic E-state index is 0.282. The van der Waals surface area contributed by atoms with Crippen molar-refractivity contribution < 1.29 is 14.3 Å². The molecule has 0 amide bonds. The first-order valence-electron chi connectivity index (χ1n) is 4.96. The third-order valence-electron chi connectivity index (χ3n) is 1.98. The predicted molar refractivity (Wildman–Crippen MR) is 58.4 cm³/mol. The molecule has 1 atom stereocenters. The molecule has 0 aromatic carbocycles. The van der Waals surface area contributed by atoms with Crippen LogP contribution in [0.3, 0.4) is 0 Å². The van der Waals surface area contributed by atoms with Crippen molar-refractivity contribution in [1.82, 2.24) is 0 Å². The fourth-order valence-corrected chi connectivity index (χ4v) is 1.04. The fraction of sp³-hybridized carbons (Fsp3) is 0.417. The van der Waals surface area contributed by atoms with Crippen LogP contribution in [0.2, 0.25) is 0 Å². The molecule has 0 radical (unpaired) electrons. The number of hydrogen-bond acceptors (Lipinski definition) is 3. The summed E-state index contributed by atoms with van der Waals surface area (Å²) in [5.41, 5.74) is -0.378. The first-order valence-corrected chi connectivity index (χ1v) is 4.96. The Balaban J connectivity index is 2.34. The van der Waals surface area contributed by atoms with Gasteiger partial charge in [0.05, 0.1) is 6.61 Å². The lowest BCUT2D eigenvalue weighted by atomic mass is 10.1. The molecule has 0 aromatic rings. The van der Waals surface area contributed by atoms with E-state index < -0.39 is 0 Å². The molecule has 1 saturated heterocycles. The highest BCUT2D eigenvalue weighted by Crippen LogP contribution is 2.28. The predicted octanol–water partition coefficient (Wildman–Crippen LogP) is 2.01. The van der Waals surface area contributed by atoms with Crippen molar-refractivity contribution in [2.24, 2.45) is 0 Å². The van der Waals surface area contributed by atoms with Gasteiger partial charge >= 0.3 is 5.97 Å². The Morgan fingerprint density at radius 3 is 2.67 bits per heavy atom. The van der Waals surface area contributed by atoms with Gasteiger partial charge < -0.3 is 9.47 Å². The number of carbonyl (C=O) groups excluding carboxylic acids is 1. The minimum atomic E-state index is -0.378. The van der Waals surface area contributed by atoms with Gasteiger partial charge in [-0.05, 0) is 19.9 Å². The Labute approximate surface area is 90.1 Å². The molecule has 1 aliphatic rings. The van der Waals surface area contributed by atoms with Crippen molar-refractivity contribution in [2.45, 2.75) is 19.4 Å². The summed E-state index contributed by atoms with van der Waals surface area (Å²) in [6.07, 6.45) is 10.7. The maximum atomic E-state index is 11.0. The molecule has 1 rings (SSSR count). The smallest absolute Gasteiger partial charge is 0.330 e. The van der Waals surface area contributed by atoms with E-state index in [1.165, 1.54) is 6.08 Å². The van der Waals surface area contributed by atoms with Crippen LogP contribution in [0.15, 0.2) is 36.5 Å². The van der Waals surface area contributed by atoms with E-state index in [1.54, 1.807) is 13.0 Å². The van der Waals surface area contributed by atoms with Crippen molar-refractivity contribution in [3.8, 4) is 0 Å². The van der Waals surface area contributed by atoms with E-state index in [1.807, 2.05) is 31.2 Å². The molecular formula is C12H16O3. The molecule has 15 heavy (non-hydrogen) atoms. The van der Waals surface area contributed by atoms with E-state index in [2.05, 4.69) is 0 Å². The van der Waals surface area contributed by atoms with Crippen LogP contribution in [0.25, 0.3) is 0 Å². The normalized spacial score (nSPS) is 25.5. The molecule has 3 nitrogen and oxygen atoms in total. The molecule has 0 aromatic heterocycles. The Kier molecular flexibility index (Phi) is 4.31. The molecule has 0 saturated carbocycles. The highest BCUT2D eigenvalue weighted by molar-refractivity contribution is 5.81. The van der Waals surface area contributed by atoms with Crippen LogP contribution in [0.4, 0.5) is 0 Å². The Morgan fingerprint density at radius 1 is 1.40 bits per heavy atom. The summed E-state index contributed by atoms with van der Waals surface area (Å²) in [6, 6.07) is 0. The number of hydrogen-bond donors (Lipinski definition) is 0. The van der Waals surface area contributed by atoms with Gasteiger partial charge in [0.2, 0.25) is 0 Å². The molecular weight excluding hydrogens is 192 g/mol. The summed E-state index contributed by atoms with van der Waals surface area (Å²) in [6.45, 7) is 4.61. The zero-order chi connectivity index (χ0) is 11.1. The molecule has 1 unspecified atom stereocenters. The number of allylic oxidation sites excluding steroid dienone is 4. The lowest BCUT2D eigenvalue weighted by Gasteiger charge is -2.05. The van der Waals surface area contributed by atoms with E-state index in [4.69, 9.17) is 9.47 Å². The second kappa shape index (κ2) is 5.51. The first-order chi connectivity index (χ1) is 7.22. The largest absolute Gasteiger partial charge is 0.459 e. The van der Waals surface area contributed by atoms with Crippen molar-refractivity contribution in [3.63, 3.8) is 0 Å². The van der Waals surface area contributed by atoms with E-state index in [9.17, 15) is 4.79 Å². The average Bonchev–Trinajstić information content (AvgIpc) is 2.97. The van der Waals surface area contributed by atoms with Gasteiger partial charge in [-0.3, -0.25) is 0 Å². The summed E-state index contributed by atoms with van der Waals surface area (Å²) < 4.78 is 10.3. The lowest BCUT2D eigenvalue weighted by Crippen LogP contribution is -2.18. The molecule has 3 heteroatoms. The maximum absolute atomic E-state index is 11.0. The van der Waals surface area contributed by atoms with Crippen molar-refractivity contribution in [2.75, 3.05) is 13.2 Å². The molecule has 0 bridgehead atoms. The van der Waals surface area contributed by atoms with Crippen LogP contribution in [0, 0.1) is 0 Å². The Morgan fingerprint density at radius 2 is 2.13 bits per heavy atom. The van der Waals surface area contributed by atoms with Crippen molar-refractivity contribution >= 4 is 5.97 Å². The van der Waals surface area contributed by atoms with Gasteiger partial charge in [0.15, 0.2) is 0 Å². The Bertz CT molecular complexity index is 296. The van der Waals surface area contributed by atoms with Gasteiger partial charge in [0, 0.05) is 6.08 Å². The molecule has 1 fully saturated rings. The van der Waals surface area contributed by atoms with E-state index in [0.717, 1.165) is 0 Å². The summed E-state index contributed by atoms with van der Waals surface area (Å²) >= 11 is 0.